The van der Waals surface area contributed by atoms with Crippen LogP contribution in [0.25, 0.3) is 0 Å². The zero-order valence-corrected chi connectivity index (χ0v) is 16.3. The van der Waals surface area contributed by atoms with Crippen LogP contribution in [0.1, 0.15) is 55.8 Å². The minimum atomic E-state index is -0.595. The molecule has 0 aromatic heterocycles. The number of hydrogen-bond donors (Lipinski definition) is 2. The number of ether oxygens (including phenoxy) is 1. The molecule has 5 nitrogen and oxygen atoms in total. The van der Waals surface area contributed by atoms with Crippen molar-refractivity contribution < 1.29 is 14.3 Å². The van der Waals surface area contributed by atoms with Crippen molar-refractivity contribution in [1.82, 2.24) is 5.32 Å². The van der Waals surface area contributed by atoms with E-state index in [0.29, 0.717) is 23.4 Å². The van der Waals surface area contributed by atoms with E-state index in [1.165, 1.54) is 19.3 Å². The van der Waals surface area contributed by atoms with Crippen LogP contribution >= 0.6 is 0 Å². The lowest BCUT2D eigenvalue weighted by molar-refractivity contribution is -0.122. The Labute approximate surface area is 166 Å². The molecule has 0 bridgehead atoms. The summed E-state index contributed by atoms with van der Waals surface area (Å²) in [5.74, 6) is 0.344. The molecule has 2 amide bonds. The molecule has 0 saturated heterocycles. The van der Waals surface area contributed by atoms with E-state index in [0.717, 1.165) is 12.8 Å². The Hall–Kier alpha value is -2.82. The molecular formula is C23H28N2O3. The Morgan fingerprint density at radius 1 is 1.04 bits per heavy atom. The lowest BCUT2D eigenvalue weighted by Gasteiger charge is -2.23. The third-order valence-corrected chi connectivity index (χ3v) is 5.02. The largest absolute Gasteiger partial charge is 0.481 e. The van der Waals surface area contributed by atoms with Crippen molar-refractivity contribution in [2.24, 2.45) is 0 Å². The van der Waals surface area contributed by atoms with Crippen LogP contribution in [0.4, 0.5) is 5.69 Å². The Kier molecular flexibility index (Phi) is 7.06. The quantitative estimate of drug-likeness (QED) is 0.741. The minimum Gasteiger partial charge on any atom is -0.481 e. The van der Waals surface area contributed by atoms with Gasteiger partial charge in [-0.25, -0.2) is 0 Å². The molecule has 148 valence electrons. The predicted molar refractivity (Wildman–Crippen MR) is 111 cm³/mol. The minimum absolute atomic E-state index is 0.0874. The second-order valence-electron chi connectivity index (χ2n) is 7.21. The van der Waals surface area contributed by atoms with Crippen LogP contribution in [0.15, 0.2) is 54.6 Å². The molecule has 1 fully saturated rings. The number of carbonyl (C=O) groups is 2. The number of benzene rings is 2. The van der Waals surface area contributed by atoms with Gasteiger partial charge in [-0.3, -0.25) is 9.59 Å². The molecule has 2 N–H and O–H groups in total. The van der Waals surface area contributed by atoms with Crippen molar-refractivity contribution in [2.45, 2.75) is 57.6 Å². The summed E-state index contributed by atoms with van der Waals surface area (Å²) in [7, 11) is 0. The molecule has 1 aliphatic rings. The van der Waals surface area contributed by atoms with E-state index in [9.17, 15) is 9.59 Å². The van der Waals surface area contributed by atoms with E-state index < -0.39 is 6.10 Å². The topological polar surface area (TPSA) is 67.4 Å². The van der Waals surface area contributed by atoms with Gasteiger partial charge < -0.3 is 15.4 Å². The number of amides is 2. The number of hydrogen-bond acceptors (Lipinski definition) is 3. The van der Waals surface area contributed by atoms with E-state index in [-0.39, 0.29) is 17.9 Å². The highest BCUT2D eigenvalue weighted by atomic mass is 16.5. The Balaban J connectivity index is 1.61. The summed E-state index contributed by atoms with van der Waals surface area (Å²) in [6.45, 7) is 1.90. The fourth-order valence-corrected chi connectivity index (χ4v) is 3.46. The average Bonchev–Trinajstić information content (AvgIpc) is 2.73. The first kappa shape index (κ1) is 19.9. The highest BCUT2D eigenvalue weighted by Gasteiger charge is 2.20. The first-order valence-corrected chi connectivity index (χ1v) is 10.1. The van der Waals surface area contributed by atoms with Crippen molar-refractivity contribution in [3.05, 3.63) is 60.2 Å². The maximum Gasteiger partial charge on any atom is 0.265 e. The Morgan fingerprint density at radius 2 is 1.79 bits per heavy atom. The van der Waals surface area contributed by atoms with Gasteiger partial charge in [0.1, 0.15) is 5.75 Å². The van der Waals surface area contributed by atoms with Gasteiger partial charge in [0, 0.05) is 17.3 Å². The van der Waals surface area contributed by atoms with Crippen molar-refractivity contribution in [3.8, 4) is 5.75 Å². The number of para-hydroxylation sites is 1. The normalized spacial score (nSPS) is 15.5. The van der Waals surface area contributed by atoms with Crippen molar-refractivity contribution in [2.75, 3.05) is 5.32 Å². The highest BCUT2D eigenvalue weighted by Crippen LogP contribution is 2.19. The zero-order chi connectivity index (χ0) is 19.8. The molecule has 2 aromatic carbocycles. The van der Waals surface area contributed by atoms with Gasteiger partial charge in [-0.05, 0) is 49.6 Å². The number of carbonyl (C=O) groups excluding carboxylic acids is 2. The van der Waals surface area contributed by atoms with Crippen LogP contribution in [0.2, 0.25) is 0 Å². The Bertz CT molecular complexity index is 785. The van der Waals surface area contributed by atoms with Crippen molar-refractivity contribution >= 4 is 17.5 Å². The van der Waals surface area contributed by atoms with Crippen LogP contribution < -0.4 is 15.4 Å². The molecule has 0 aliphatic heterocycles. The van der Waals surface area contributed by atoms with Gasteiger partial charge in [0.05, 0.1) is 0 Å². The van der Waals surface area contributed by atoms with Crippen LogP contribution in [0.3, 0.4) is 0 Å². The molecular weight excluding hydrogens is 352 g/mol. The molecule has 0 heterocycles. The third kappa shape index (κ3) is 5.59. The van der Waals surface area contributed by atoms with Gasteiger partial charge in [-0.15, -0.1) is 0 Å². The van der Waals surface area contributed by atoms with Gasteiger partial charge in [0.2, 0.25) is 0 Å². The molecule has 1 saturated carbocycles. The molecule has 28 heavy (non-hydrogen) atoms. The standard InChI is InChI=1S/C23H28N2O3/c1-2-21(28-20-14-7-4-8-15-20)23(27)25-19-13-9-10-17(16-19)22(26)24-18-11-5-3-6-12-18/h4,7-10,13-16,18,21H,2-3,5-6,11-12H2,1H3,(H,24,26)(H,25,27)/t21-/m0/s1. The first-order chi connectivity index (χ1) is 13.7. The molecule has 2 aromatic rings. The summed E-state index contributed by atoms with van der Waals surface area (Å²) in [6.07, 6.45) is 5.61. The van der Waals surface area contributed by atoms with Crippen LogP contribution in [0, 0.1) is 0 Å². The fourth-order valence-electron chi connectivity index (χ4n) is 3.46. The van der Waals surface area contributed by atoms with E-state index in [2.05, 4.69) is 10.6 Å². The predicted octanol–water partition coefficient (Wildman–Crippen LogP) is 4.55. The summed E-state index contributed by atoms with van der Waals surface area (Å²) in [5.41, 5.74) is 1.15. The maximum atomic E-state index is 12.6. The first-order valence-electron chi connectivity index (χ1n) is 10.1. The molecule has 0 unspecified atom stereocenters. The molecule has 0 radical (unpaired) electrons. The monoisotopic (exact) mass is 380 g/mol. The van der Waals surface area contributed by atoms with E-state index in [1.807, 2.05) is 37.3 Å². The molecule has 5 heteroatoms. The van der Waals surface area contributed by atoms with Gasteiger partial charge in [-0.1, -0.05) is 50.5 Å². The van der Waals surface area contributed by atoms with Crippen molar-refractivity contribution in [3.63, 3.8) is 0 Å². The number of rotatable bonds is 7. The lowest BCUT2D eigenvalue weighted by atomic mass is 9.95. The zero-order valence-electron chi connectivity index (χ0n) is 16.3. The highest BCUT2D eigenvalue weighted by molar-refractivity contribution is 5.98. The molecule has 0 spiro atoms. The maximum absolute atomic E-state index is 12.6. The molecule has 1 aliphatic carbocycles. The Morgan fingerprint density at radius 3 is 2.50 bits per heavy atom. The van der Waals surface area contributed by atoms with Crippen LogP contribution in [0.5, 0.6) is 5.75 Å². The fraction of sp³-hybridized carbons (Fsp3) is 0.391. The van der Waals surface area contributed by atoms with Crippen LogP contribution in [-0.4, -0.2) is 24.0 Å². The van der Waals surface area contributed by atoms with Gasteiger partial charge in [-0.2, -0.15) is 0 Å². The second-order valence-corrected chi connectivity index (χ2v) is 7.21. The second kappa shape index (κ2) is 9.93. The smallest absolute Gasteiger partial charge is 0.265 e. The van der Waals surface area contributed by atoms with E-state index in [1.54, 1.807) is 24.3 Å². The van der Waals surface area contributed by atoms with Gasteiger partial charge >= 0.3 is 0 Å². The van der Waals surface area contributed by atoms with Gasteiger partial charge in [0.25, 0.3) is 11.8 Å². The molecule has 1 atom stereocenters. The average molecular weight is 380 g/mol. The lowest BCUT2D eigenvalue weighted by Crippen LogP contribution is -2.36. The number of anilines is 1. The summed E-state index contributed by atoms with van der Waals surface area (Å²) in [6, 6.07) is 16.6. The van der Waals surface area contributed by atoms with Crippen molar-refractivity contribution in [1.29, 1.82) is 0 Å². The summed E-state index contributed by atoms with van der Waals surface area (Å²) in [4.78, 5) is 25.1. The van der Waals surface area contributed by atoms with E-state index in [4.69, 9.17) is 4.74 Å². The van der Waals surface area contributed by atoms with Crippen LogP contribution in [-0.2, 0) is 4.79 Å². The summed E-state index contributed by atoms with van der Waals surface area (Å²) >= 11 is 0. The van der Waals surface area contributed by atoms with E-state index >= 15 is 0 Å². The number of nitrogens with one attached hydrogen (secondary N) is 2. The summed E-state index contributed by atoms with van der Waals surface area (Å²) < 4.78 is 5.78. The third-order valence-electron chi connectivity index (χ3n) is 5.02. The molecule has 3 rings (SSSR count). The van der Waals surface area contributed by atoms with Gasteiger partial charge in [0.15, 0.2) is 6.10 Å². The SMILES string of the molecule is CC[C@H](Oc1ccccc1)C(=O)Nc1cccc(C(=O)NC2CCCCC2)c1. The summed E-state index contributed by atoms with van der Waals surface area (Å²) in [5, 5.41) is 5.97.